The number of carbonyl (C=O) groups excluding carboxylic acids is 1. The van der Waals surface area contributed by atoms with Gasteiger partial charge in [-0.1, -0.05) is 0 Å². The summed E-state index contributed by atoms with van der Waals surface area (Å²) in [5.74, 6) is 0.857. The quantitative estimate of drug-likeness (QED) is 0.532. The molecule has 4 nitrogen and oxygen atoms in total. The van der Waals surface area contributed by atoms with Crippen molar-refractivity contribution in [1.29, 1.82) is 0 Å². The predicted octanol–water partition coefficient (Wildman–Crippen LogP) is 4.33. The van der Waals surface area contributed by atoms with E-state index in [9.17, 15) is 4.79 Å². The molecule has 0 radical (unpaired) electrons. The number of benzene rings is 2. The van der Waals surface area contributed by atoms with Crippen LogP contribution in [0.25, 0.3) is 20.8 Å². The van der Waals surface area contributed by atoms with Gasteiger partial charge in [0, 0.05) is 5.56 Å². The van der Waals surface area contributed by atoms with Crippen molar-refractivity contribution in [3.63, 3.8) is 0 Å². The monoisotopic (exact) mass is 296 g/mol. The highest BCUT2D eigenvalue weighted by molar-refractivity contribution is 7.21. The number of hydrogen-bond acceptors (Lipinski definition) is 5. The number of thiazole rings is 1. The van der Waals surface area contributed by atoms with Gasteiger partial charge in [-0.05, 0) is 49.4 Å². The van der Waals surface area contributed by atoms with Gasteiger partial charge in [0.2, 0.25) is 6.08 Å². The average Bonchev–Trinajstić information content (AvgIpc) is 2.92. The molecule has 0 atom stereocenters. The minimum atomic E-state index is 0.591. The van der Waals surface area contributed by atoms with Gasteiger partial charge in [-0.3, -0.25) is 0 Å². The highest BCUT2D eigenvalue weighted by Gasteiger charge is 2.07. The third-order valence-corrected chi connectivity index (χ3v) is 4.03. The van der Waals surface area contributed by atoms with Crippen LogP contribution >= 0.6 is 11.3 Å². The summed E-state index contributed by atoms with van der Waals surface area (Å²) in [6, 6.07) is 13.2. The van der Waals surface area contributed by atoms with Crippen LogP contribution in [0.15, 0.2) is 47.5 Å². The molecule has 0 spiro atoms. The maximum absolute atomic E-state index is 10.2. The minimum Gasteiger partial charge on any atom is -0.494 e. The Balaban J connectivity index is 1.98. The first-order chi connectivity index (χ1) is 10.3. The highest BCUT2D eigenvalue weighted by Crippen LogP contribution is 2.33. The van der Waals surface area contributed by atoms with Crippen LogP contribution in [0, 0.1) is 0 Å². The Bertz CT molecular complexity index is 818. The smallest absolute Gasteiger partial charge is 0.240 e. The molecule has 0 fully saturated rings. The Morgan fingerprint density at radius 2 is 2.05 bits per heavy atom. The molecule has 104 valence electrons. The van der Waals surface area contributed by atoms with Gasteiger partial charge in [-0.2, -0.15) is 4.99 Å². The Hall–Kier alpha value is -2.49. The molecular formula is C16H12N2O2S. The molecule has 3 aromatic rings. The van der Waals surface area contributed by atoms with Crippen LogP contribution in [0.4, 0.5) is 5.69 Å². The van der Waals surface area contributed by atoms with Crippen LogP contribution in [-0.4, -0.2) is 17.7 Å². The summed E-state index contributed by atoms with van der Waals surface area (Å²) < 4.78 is 6.59. The molecule has 0 bridgehead atoms. The molecule has 5 heteroatoms. The lowest BCUT2D eigenvalue weighted by atomic mass is 10.2. The molecule has 1 heterocycles. The molecule has 0 saturated heterocycles. The van der Waals surface area contributed by atoms with E-state index in [2.05, 4.69) is 9.98 Å². The van der Waals surface area contributed by atoms with E-state index in [4.69, 9.17) is 4.74 Å². The van der Waals surface area contributed by atoms with E-state index in [0.29, 0.717) is 12.3 Å². The standard InChI is InChI=1S/C16H12N2O2S/c1-2-20-13-7-8-14-15(9-13)21-16(18-14)11-3-5-12(6-4-11)17-10-19/h3-9H,2H2,1H3. The van der Waals surface area contributed by atoms with Crippen molar-refractivity contribution < 1.29 is 9.53 Å². The van der Waals surface area contributed by atoms with Gasteiger partial charge in [-0.25, -0.2) is 9.78 Å². The third kappa shape index (κ3) is 2.84. The van der Waals surface area contributed by atoms with Crippen molar-refractivity contribution in [1.82, 2.24) is 4.98 Å². The van der Waals surface area contributed by atoms with Crippen molar-refractivity contribution in [2.24, 2.45) is 4.99 Å². The van der Waals surface area contributed by atoms with Crippen LogP contribution < -0.4 is 4.74 Å². The molecule has 21 heavy (non-hydrogen) atoms. The van der Waals surface area contributed by atoms with E-state index < -0.39 is 0 Å². The fourth-order valence-corrected chi connectivity index (χ4v) is 3.02. The van der Waals surface area contributed by atoms with E-state index in [-0.39, 0.29) is 0 Å². The number of ether oxygens (including phenoxy) is 1. The van der Waals surface area contributed by atoms with Crippen molar-refractivity contribution >= 4 is 33.3 Å². The summed E-state index contributed by atoms with van der Waals surface area (Å²) in [6.07, 6.45) is 1.53. The molecule has 3 rings (SSSR count). The molecule has 0 aliphatic heterocycles. The molecule has 0 N–H and O–H groups in total. The Morgan fingerprint density at radius 1 is 1.24 bits per heavy atom. The lowest BCUT2D eigenvalue weighted by Crippen LogP contribution is -1.89. The van der Waals surface area contributed by atoms with Gasteiger partial charge in [0.1, 0.15) is 10.8 Å². The number of nitrogens with zero attached hydrogens (tertiary/aromatic N) is 2. The maximum atomic E-state index is 10.2. The number of rotatable bonds is 4. The van der Waals surface area contributed by atoms with Crippen LogP contribution in [0.3, 0.4) is 0 Å². The third-order valence-electron chi connectivity index (χ3n) is 2.96. The van der Waals surface area contributed by atoms with E-state index in [0.717, 1.165) is 26.5 Å². The Kier molecular flexibility index (Phi) is 3.77. The number of aliphatic imine (C=N–C) groups is 1. The zero-order valence-corrected chi connectivity index (χ0v) is 12.2. The maximum Gasteiger partial charge on any atom is 0.240 e. The predicted molar refractivity (Wildman–Crippen MR) is 84.0 cm³/mol. The molecule has 0 amide bonds. The summed E-state index contributed by atoms with van der Waals surface area (Å²) in [5, 5.41) is 0.931. The van der Waals surface area contributed by atoms with Crippen LogP contribution in [0.1, 0.15) is 6.92 Å². The number of aromatic nitrogens is 1. The normalized spacial score (nSPS) is 10.3. The highest BCUT2D eigenvalue weighted by atomic mass is 32.1. The topological polar surface area (TPSA) is 51.6 Å². The van der Waals surface area contributed by atoms with Crippen LogP contribution in [-0.2, 0) is 4.79 Å². The van der Waals surface area contributed by atoms with Gasteiger partial charge in [-0.15, -0.1) is 11.3 Å². The first-order valence-corrected chi connectivity index (χ1v) is 7.33. The first-order valence-electron chi connectivity index (χ1n) is 6.52. The second kappa shape index (κ2) is 5.87. The second-order valence-corrected chi connectivity index (χ2v) is 5.36. The summed E-state index contributed by atoms with van der Waals surface area (Å²) in [4.78, 5) is 18.4. The lowest BCUT2D eigenvalue weighted by Gasteiger charge is -2.00. The second-order valence-electron chi connectivity index (χ2n) is 4.33. The first kappa shape index (κ1) is 13.5. The van der Waals surface area contributed by atoms with E-state index >= 15 is 0 Å². The minimum absolute atomic E-state index is 0.591. The number of fused-ring (bicyclic) bond motifs is 1. The zero-order valence-electron chi connectivity index (χ0n) is 11.4. The van der Waals surface area contributed by atoms with Crippen molar-refractivity contribution in [2.75, 3.05) is 6.61 Å². The number of hydrogen-bond donors (Lipinski definition) is 0. The van der Waals surface area contributed by atoms with Gasteiger partial charge in [0.15, 0.2) is 0 Å². The Labute approximate surface area is 125 Å². The van der Waals surface area contributed by atoms with Crippen molar-refractivity contribution in [3.05, 3.63) is 42.5 Å². The van der Waals surface area contributed by atoms with E-state index in [1.807, 2.05) is 37.3 Å². The fraction of sp³-hybridized carbons (Fsp3) is 0.125. The van der Waals surface area contributed by atoms with Gasteiger partial charge in [0.05, 0.1) is 22.5 Å². The summed E-state index contributed by atoms with van der Waals surface area (Å²) in [6.45, 7) is 2.61. The van der Waals surface area contributed by atoms with Crippen LogP contribution in [0.2, 0.25) is 0 Å². The molecule has 0 unspecified atom stereocenters. The van der Waals surface area contributed by atoms with Gasteiger partial charge >= 0.3 is 0 Å². The average molecular weight is 296 g/mol. The molecule has 0 saturated carbocycles. The van der Waals surface area contributed by atoms with Crippen molar-refractivity contribution in [2.45, 2.75) is 6.92 Å². The van der Waals surface area contributed by atoms with Gasteiger partial charge in [0.25, 0.3) is 0 Å². The molecule has 0 aliphatic rings. The summed E-state index contributed by atoms with van der Waals surface area (Å²) >= 11 is 1.61. The fourth-order valence-electron chi connectivity index (χ4n) is 2.02. The summed E-state index contributed by atoms with van der Waals surface area (Å²) in [7, 11) is 0. The zero-order chi connectivity index (χ0) is 14.7. The van der Waals surface area contributed by atoms with E-state index in [1.165, 1.54) is 6.08 Å². The van der Waals surface area contributed by atoms with Crippen molar-refractivity contribution in [3.8, 4) is 16.3 Å². The lowest BCUT2D eigenvalue weighted by molar-refractivity contribution is 0.341. The molecule has 1 aromatic heterocycles. The van der Waals surface area contributed by atoms with Crippen LogP contribution in [0.5, 0.6) is 5.75 Å². The van der Waals surface area contributed by atoms with E-state index in [1.54, 1.807) is 23.5 Å². The molecule has 2 aromatic carbocycles. The largest absolute Gasteiger partial charge is 0.494 e. The SMILES string of the molecule is CCOc1ccc2nc(-c3ccc(N=C=O)cc3)sc2c1. The summed E-state index contributed by atoms with van der Waals surface area (Å²) in [5.41, 5.74) is 2.54. The van der Waals surface area contributed by atoms with Gasteiger partial charge < -0.3 is 4.74 Å². The molecular weight excluding hydrogens is 284 g/mol. The Morgan fingerprint density at radius 3 is 2.76 bits per heavy atom. The molecule has 0 aliphatic carbocycles. The number of isocyanates is 1.